The quantitative estimate of drug-likeness (QED) is 0.144. The lowest BCUT2D eigenvalue weighted by molar-refractivity contribution is -0.131. The van der Waals surface area contributed by atoms with Gasteiger partial charge < -0.3 is 5.11 Å². The summed E-state index contributed by atoms with van der Waals surface area (Å²) in [6.07, 6.45) is 2.37. The van der Waals surface area contributed by atoms with Crippen molar-refractivity contribution >= 4 is 91.4 Å². The van der Waals surface area contributed by atoms with Crippen molar-refractivity contribution in [3.63, 3.8) is 0 Å². The molecule has 2 aliphatic heterocycles. The van der Waals surface area contributed by atoms with Crippen LogP contribution in [0.2, 0.25) is 15.1 Å². The van der Waals surface area contributed by atoms with E-state index in [0.29, 0.717) is 37.8 Å². The summed E-state index contributed by atoms with van der Waals surface area (Å²) >= 11 is 20.5. The van der Waals surface area contributed by atoms with E-state index in [2.05, 4.69) is 0 Å². The van der Waals surface area contributed by atoms with Gasteiger partial charge in [0.15, 0.2) is 0 Å². The first kappa shape index (κ1) is 34.3. The molecule has 9 rings (SSSR count). The molecule has 3 fully saturated rings. The van der Waals surface area contributed by atoms with Crippen molar-refractivity contribution in [2.45, 2.75) is 32.6 Å². The summed E-state index contributed by atoms with van der Waals surface area (Å²) in [4.78, 5) is 61.4. The van der Waals surface area contributed by atoms with Gasteiger partial charge in [-0.05, 0) is 104 Å². The number of anilines is 2. The summed E-state index contributed by atoms with van der Waals surface area (Å²) in [5.41, 5.74) is 1.78. The number of phenols is 1. The molecule has 1 saturated carbocycles. The molecule has 268 valence electrons. The third-order valence-electron chi connectivity index (χ3n) is 11.9. The SMILES string of the molecule is Cc1c(-c2cc(N3C(=O)C4CC5C(=CCC6C(=O)N(c7ccc(Cl)cc7)C(=O)C65)C(c5cc(Cl)ccc5O)C4(C)C3=O)n(C)n2)sc2ccc(Cl)cc12. The Morgan fingerprint density at radius 3 is 2.30 bits per heavy atom. The minimum atomic E-state index is -1.37. The molecule has 53 heavy (non-hydrogen) atoms. The molecule has 0 spiro atoms. The number of aromatic nitrogens is 2. The maximum atomic E-state index is 15.0. The lowest BCUT2D eigenvalue weighted by Gasteiger charge is -2.49. The van der Waals surface area contributed by atoms with Crippen LogP contribution < -0.4 is 9.80 Å². The average Bonchev–Trinajstić information content (AvgIpc) is 3.80. The highest BCUT2D eigenvalue weighted by atomic mass is 35.5. The Labute approximate surface area is 323 Å². The molecule has 1 N–H and O–H groups in total. The van der Waals surface area contributed by atoms with Gasteiger partial charge in [0.1, 0.15) is 17.3 Å². The predicted octanol–water partition coefficient (Wildman–Crippen LogP) is 8.71. The molecular weight excluding hydrogens is 755 g/mol. The largest absolute Gasteiger partial charge is 0.508 e. The maximum Gasteiger partial charge on any atom is 0.242 e. The van der Waals surface area contributed by atoms with Gasteiger partial charge in [-0.1, -0.05) is 46.5 Å². The maximum absolute atomic E-state index is 15.0. The molecule has 2 aromatic heterocycles. The summed E-state index contributed by atoms with van der Waals surface area (Å²) < 4.78 is 2.58. The van der Waals surface area contributed by atoms with Crippen molar-refractivity contribution in [2.75, 3.05) is 9.80 Å². The molecule has 2 aliphatic carbocycles. The fourth-order valence-electron chi connectivity index (χ4n) is 9.39. The van der Waals surface area contributed by atoms with Gasteiger partial charge in [0, 0.05) is 44.4 Å². The van der Waals surface area contributed by atoms with Crippen LogP contribution in [0, 0.1) is 36.0 Å². The Morgan fingerprint density at radius 1 is 0.849 bits per heavy atom. The van der Waals surface area contributed by atoms with Crippen LogP contribution in [-0.4, -0.2) is 38.5 Å². The van der Waals surface area contributed by atoms with E-state index in [9.17, 15) is 19.5 Å². The van der Waals surface area contributed by atoms with E-state index >= 15 is 4.79 Å². The number of nitrogens with zero attached hydrogens (tertiary/aromatic N) is 4. The number of hydrogen-bond donors (Lipinski definition) is 1. The van der Waals surface area contributed by atoms with E-state index in [4.69, 9.17) is 39.9 Å². The van der Waals surface area contributed by atoms with E-state index < -0.39 is 46.8 Å². The van der Waals surface area contributed by atoms with Crippen molar-refractivity contribution < 1.29 is 24.3 Å². The molecule has 4 aliphatic rings. The van der Waals surface area contributed by atoms with Crippen molar-refractivity contribution in [3.05, 3.63) is 105 Å². The second-order valence-electron chi connectivity index (χ2n) is 14.6. The number of amides is 4. The number of imide groups is 2. The zero-order valence-electron chi connectivity index (χ0n) is 28.6. The van der Waals surface area contributed by atoms with Gasteiger partial charge in [-0.25, -0.2) is 4.90 Å². The number of carbonyl (C=O) groups is 4. The zero-order valence-corrected chi connectivity index (χ0v) is 31.7. The number of fused-ring (bicyclic) bond motifs is 5. The minimum Gasteiger partial charge on any atom is -0.508 e. The third kappa shape index (κ3) is 4.85. The summed E-state index contributed by atoms with van der Waals surface area (Å²) in [7, 11) is 1.70. The molecule has 6 unspecified atom stereocenters. The number of phenolic OH excluding ortho intramolecular Hbond substituents is 1. The van der Waals surface area contributed by atoms with E-state index in [0.717, 1.165) is 26.1 Å². The molecule has 6 atom stereocenters. The van der Waals surface area contributed by atoms with Crippen LogP contribution in [0.25, 0.3) is 20.7 Å². The van der Waals surface area contributed by atoms with Crippen LogP contribution in [0.3, 0.4) is 0 Å². The van der Waals surface area contributed by atoms with Gasteiger partial charge in [0.2, 0.25) is 23.6 Å². The molecule has 5 aromatic rings. The summed E-state index contributed by atoms with van der Waals surface area (Å²) in [5, 5.41) is 18.6. The third-order valence-corrected chi connectivity index (χ3v) is 13.9. The first-order valence-corrected chi connectivity index (χ1v) is 19.2. The van der Waals surface area contributed by atoms with Gasteiger partial charge in [0.25, 0.3) is 0 Å². The fraction of sp³-hybridized carbons (Fsp3) is 0.275. The lowest BCUT2D eigenvalue weighted by atomic mass is 9.51. The molecule has 2 saturated heterocycles. The predicted molar refractivity (Wildman–Crippen MR) is 205 cm³/mol. The van der Waals surface area contributed by atoms with Crippen LogP contribution in [0.5, 0.6) is 5.75 Å². The molecule has 0 bridgehead atoms. The first-order valence-electron chi connectivity index (χ1n) is 17.2. The highest BCUT2D eigenvalue weighted by Crippen LogP contribution is 2.64. The Balaban J connectivity index is 1.16. The van der Waals surface area contributed by atoms with Crippen molar-refractivity contribution in [1.82, 2.24) is 9.78 Å². The number of benzene rings is 3. The fourth-order valence-corrected chi connectivity index (χ4v) is 11.0. The smallest absolute Gasteiger partial charge is 0.242 e. The average molecular weight is 786 g/mol. The van der Waals surface area contributed by atoms with Crippen LogP contribution in [0.1, 0.15) is 36.8 Å². The number of halogens is 3. The zero-order chi connectivity index (χ0) is 37.2. The lowest BCUT2D eigenvalue weighted by Crippen LogP contribution is -2.49. The first-order chi connectivity index (χ1) is 25.3. The number of aromatic hydroxyl groups is 1. The van der Waals surface area contributed by atoms with E-state index in [-0.39, 0.29) is 30.4 Å². The van der Waals surface area contributed by atoms with Crippen molar-refractivity contribution in [3.8, 4) is 16.3 Å². The molecular formula is C40H31Cl3N4O5S. The molecule has 13 heteroatoms. The minimum absolute atomic E-state index is 0.0819. The Kier molecular flexibility index (Phi) is 7.77. The molecule has 4 heterocycles. The number of aryl methyl sites for hydroxylation is 2. The molecule has 0 radical (unpaired) electrons. The van der Waals surface area contributed by atoms with Gasteiger partial charge in [-0.3, -0.25) is 28.8 Å². The van der Waals surface area contributed by atoms with Crippen LogP contribution >= 0.6 is 46.1 Å². The van der Waals surface area contributed by atoms with Crippen LogP contribution in [0.4, 0.5) is 11.5 Å². The highest BCUT2D eigenvalue weighted by molar-refractivity contribution is 7.22. The number of rotatable bonds is 4. The second-order valence-corrected chi connectivity index (χ2v) is 16.9. The van der Waals surface area contributed by atoms with Crippen molar-refractivity contribution in [1.29, 1.82) is 0 Å². The van der Waals surface area contributed by atoms with E-state index in [1.807, 2.05) is 31.2 Å². The number of hydrogen-bond acceptors (Lipinski definition) is 7. The topological polar surface area (TPSA) is 113 Å². The van der Waals surface area contributed by atoms with Gasteiger partial charge in [0.05, 0.1) is 33.7 Å². The molecule has 4 amide bonds. The molecule has 9 nitrogen and oxygen atoms in total. The summed E-state index contributed by atoms with van der Waals surface area (Å²) in [5.74, 6) is -4.99. The number of carbonyl (C=O) groups excluding carboxylic acids is 4. The second kappa shape index (κ2) is 12.0. The van der Waals surface area contributed by atoms with E-state index in [1.165, 1.54) is 15.9 Å². The standard InChI is InChI=1S/C40H31Cl3N4O5S/c1-18-25-14-21(43)7-13-31(25)53-35(18)29-17-32(45(3)44-29)47-37(50)28-16-26-23(34(40(28,2)39(47)52)27-15-20(42)6-12-30(27)48)10-11-24-33(26)38(51)46(36(24)49)22-8-4-19(41)5-9-22/h4-10,12-15,17,24,26,28,33-34,48H,11,16H2,1-3H3. The van der Waals surface area contributed by atoms with E-state index in [1.54, 1.807) is 72.5 Å². The summed E-state index contributed by atoms with van der Waals surface area (Å²) in [6, 6.07) is 18.7. The van der Waals surface area contributed by atoms with Gasteiger partial charge in [-0.15, -0.1) is 11.3 Å². The number of allylic oxidation sites excluding steroid dienone is 2. The van der Waals surface area contributed by atoms with Gasteiger partial charge in [-0.2, -0.15) is 5.10 Å². The van der Waals surface area contributed by atoms with Crippen molar-refractivity contribution in [2.24, 2.45) is 36.1 Å². The summed E-state index contributed by atoms with van der Waals surface area (Å²) in [6.45, 7) is 3.76. The van der Waals surface area contributed by atoms with Crippen LogP contribution in [-0.2, 0) is 26.2 Å². The Bertz CT molecular complexity index is 2490. The van der Waals surface area contributed by atoms with Gasteiger partial charge >= 0.3 is 0 Å². The highest BCUT2D eigenvalue weighted by Gasteiger charge is 2.68. The normalized spacial score (nSPS) is 26.7. The molecule has 3 aromatic carbocycles. The Hall–Kier alpha value is -4.48. The monoisotopic (exact) mass is 784 g/mol. The number of thiophene rings is 1. The van der Waals surface area contributed by atoms with Crippen LogP contribution in [0.15, 0.2) is 78.4 Å². The Morgan fingerprint density at radius 2 is 1.55 bits per heavy atom.